The van der Waals surface area contributed by atoms with E-state index in [9.17, 15) is 4.79 Å². The monoisotopic (exact) mass is 338 g/mol. The summed E-state index contributed by atoms with van der Waals surface area (Å²) in [4.78, 5) is 16.6. The van der Waals surface area contributed by atoms with Gasteiger partial charge in [0.05, 0.1) is 11.7 Å². The van der Waals surface area contributed by atoms with Gasteiger partial charge in [-0.25, -0.2) is 0 Å². The first-order chi connectivity index (χ1) is 12.0. The van der Waals surface area contributed by atoms with Gasteiger partial charge in [-0.05, 0) is 31.9 Å². The van der Waals surface area contributed by atoms with Crippen LogP contribution in [-0.2, 0) is 11.8 Å². The summed E-state index contributed by atoms with van der Waals surface area (Å²) in [6, 6.07) is 11.6. The molecule has 2 aromatic heterocycles. The molecule has 130 valence electrons. The summed E-state index contributed by atoms with van der Waals surface area (Å²) in [7, 11) is 1.85. The maximum absolute atomic E-state index is 12.1. The van der Waals surface area contributed by atoms with Gasteiger partial charge in [0, 0.05) is 18.5 Å². The number of amides is 1. The minimum absolute atomic E-state index is 0.0748. The molecule has 1 N–H and O–H groups in total. The Morgan fingerprint density at radius 2 is 2.00 bits per heavy atom. The number of benzene rings is 1. The standard InChI is InChI=1S/C19H22N4O2/c1-12-10-17(21-19-18(12)14(3)22-23(19)4)25-11-16(24)20-13(2)15-8-6-5-7-9-15/h5-10,13H,11H2,1-4H3,(H,20,24)/t13-/m1/s1. The number of nitrogens with one attached hydrogen (secondary N) is 1. The molecule has 3 rings (SSSR count). The molecule has 0 saturated carbocycles. The van der Waals surface area contributed by atoms with E-state index in [4.69, 9.17) is 4.74 Å². The van der Waals surface area contributed by atoms with E-state index >= 15 is 0 Å². The van der Waals surface area contributed by atoms with Gasteiger partial charge in [-0.3, -0.25) is 9.48 Å². The first kappa shape index (κ1) is 17.0. The molecule has 0 spiro atoms. The van der Waals surface area contributed by atoms with E-state index < -0.39 is 0 Å². The Kier molecular flexibility index (Phi) is 4.70. The summed E-state index contributed by atoms with van der Waals surface area (Å²) < 4.78 is 7.32. The average molecular weight is 338 g/mol. The van der Waals surface area contributed by atoms with Gasteiger partial charge in [0.25, 0.3) is 5.91 Å². The number of nitrogens with zero attached hydrogens (tertiary/aromatic N) is 3. The molecule has 1 atom stereocenters. The number of ether oxygens (including phenoxy) is 1. The number of carbonyl (C=O) groups excluding carboxylic acids is 1. The van der Waals surface area contributed by atoms with Crippen molar-refractivity contribution < 1.29 is 9.53 Å². The zero-order chi connectivity index (χ0) is 18.0. The Morgan fingerprint density at radius 3 is 2.72 bits per heavy atom. The van der Waals surface area contributed by atoms with Crippen LogP contribution in [0.2, 0.25) is 0 Å². The molecule has 0 fully saturated rings. The van der Waals surface area contributed by atoms with Crippen molar-refractivity contribution in [1.82, 2.24) is 20.1 Å². The van der Waals surface area contributed by atoms with Crippen LogP contribution in [0, 0.1) is 13.8 Å². The Bertz CT molecular complexity index is 903. The van der Waals surface area contributed by atoms with Gasteiger partial charge in [0.1, 0.15) is 0 Å². The van der Waals surface area contributed by atoms with Gasteiger partial charge in [0.2, 0.25) is 5.88 Å². The molecule has 0 saturated heterocycles. The number of carbonyl (C=O) groups is 1. The third-order valence-corrected chi connectivity index (χ3v) is 4.17. The average Bonchev–Trinajstić information content (AvgIpc) is 2.88. The van der Waals surface area contributed by atoms with Crippen LogP contribution in [0.15, 0.2) is 36.4 Å². The molecule has 0 aliphatic rings. The number of hydrogen-bond donors (Lipinski definition) is 1. The summed E-state index contributed by atoms with van der Waals surface area (Å²) in [6.07, 6.45) is 0. The van der Waals surface area contributed by atoms with Crippen molar-refractivity contribution in [3.05, 3.63) is 53.2 Å². The molecule has 6 nitrogen and oxygen atoms in total. The third kappa shape index (κ3) is 3.63. The lowest BCUT2D eigenvalue weighted by atomic mass is 10.1. The van der Waals surface area contributed by atoms with Gasteiger partial charge in [-0.1, -0.05) is 30.3 Å². The Morgan fingerprint density at radius 1 is 1.28 bits per heavy atom. The smallest absolute Gasteiger partial charge is 0.258 e. The summed E-state index contributed by atoms with van der Waals surface area (Å²) in [5.41, 5.74) is 3.77. The fraction of sp³-hybridized carbons (Fsp3) is 0.316. The second kappa shape index (κ2) is 6.93. The van der Waals surface area contributed by atoms with Crippen molar-refractivity contribution in [3.8, 4) is 5.88 Å². The van der Waals surface area contributed by atoms with Gasteiger partial charge in [0.15, 0.2) is 12.3 Å². The van der Waals surface area contributed by atoms with Gasteiger partial charge in [-0.2, -0.15) is 10.1 Å². The zero-order valence-corrected chi connectivity index (χ0v) is 14.9. The van der Waals surface area contributed by atoms with E-state index in [0.29, 0.717) is 5.88 Å². The van der Waals surface area contributed by atoms with Crippen LogP contribution >= 0.6 is 0 Å². The van der Waals surface area contributed by atoms with E-state index in [2.05, 4.69) is 15.4 Å². The van der Waals surface area contributed by atoms with Gasteiger partial charge >= 0.3 is 0 Å². The fourth-order valence-corrected chi connectivity index (χ4v) is 2.95. The van der Waals surface area contributed by atoms with Gasteiger partial charge in [-0.15, -0.1) is 0 Å². The van der Waals surface area contributed by atoms with Crippen LogP contribution < -0.4 is 10.1 Å². The number of fused-ring (bicyclic) bond motifs is 1. The number of hydrogen-bond acceptors (Lipinski definition) is 4. The summed E-state index contributed by atoms with van der Waals surface area (Å²) >= 11 is 0. The largest absolute Gasteiger partial charge is 0.468 e. The van der Waals surface area contributed by atoms with E-state index in [1.165, 1.54) is 0 Å². The number of pyridine rings is 1. The Hall–Kier alpha value is -2.89. The van der Waals surface area contributed by atoms with Crippen LogP contribution in [-0.4, -0.2) is 27.3 Å². The number of aryl methyl sites for hydroxylation is 3. The molecule has 0 aliphatic heterocycles. The maximum atomic E-state index is 12.1. The van der Waals surface area contributed by atoms with Gasteiger partial charge < -0.3 is 10.1 Å². The van der Waals surface area contributed by atoms with Crippen molar-refractivity contribution in [2.45, 2.75) is 26.8 Å². The van der Waals surface area contributed by atoms with E-state index in [1.54, 1.807) is 4.68 Å². The van der Waals surface area contributed by atoms with Crippen molar-refractivity contribution in [3.63, 3.8) is 0 Å². The second-order valence-corrected chi connectivity index (χ2v) is 6.17. The molecule has 2 heterocycles. The zero-order valence-electron chi connectivity index (χ0n) is 14.9. The summed E-state index contributed by atoms with van der Waals surface area (Å²) in [6.45, 7) is 5.81. The van der Waals surface area contributed by atoms with Crippen LogP contribution in [0.25, 0.3) is 11.0 Å². The molecular formula is C19H22N4O2. The number of aromatic nitrogens is 3. The maximum Gasteiger partial charge on any atom is 0.258 e. The summed E-state index contributed by atoms with van der Waals surface area (Å²) in [5, 5.41) is 8.33. The third-order valence-electron chi connectivity index (χ3n) is 4.17. The second-order valence-electron chi connectivity index (χ2n) is 6.17. The van der Waals surface area contributed by atoms with Crippen LogP contribution in [0.4, 0.5) is 0 Å². The Balaban J connectivity index is 1.66. The molecule has 0 radical (unpaired) electrons. The van der Waals surface area contributed by atoms with Crippen molar-refractivity contribution in [2.24, 2.45) is 7.05 Å². The van der Waals surface area contributed by atoms with E-state index in [1.807, 2.05) is 64.2 Å². The first-order valence-corrected chi connectivity index (χ1v) is 8.23. The molecule has 1 amide bonds. The molecule has 1 aromatic carbocycles. The quantitative estimate of drug-likeness (QED) is 0.777. The fourth-order valence-electron chi connectivity index (χ4n) is 2.95. The highest BCUT2D eigenvalue weighted by Gasteiger charge is 2.13. The topological polar surface area (TPSA) is 69.0 Å². The minimum atomic E-state index is -0.183. The molecular weight excluding hydrogens is 316 g/mol. The first-order valence-electron chi connectivity index (χ1n) is 8.23. The molecule has 0 unspecified atom stereocenters. The predicted octanol–water partition coefficient (Wildman–Crippen LogP) is 2.84. The lowest BCUT2D eigenvalue weighted by Gasteiger charge is -2.14. The van der Waals surface area contributed by atoms with E-state index in [0.717, 1.165) is 27.9 Å². The lowest BCUT2D eigenvalue weighted by Crippen LogP contribution is -2.31. The highest BCUT2D eigenvalue weighted by molar-refractivity contribution is 5.82. The van der Waals surface area contributed by atoms with Crippen molar-refractivity contribution >= 4 is 16.9 Å². The number of rotatable bonds is 5. The summed E-state index contributed by atoms with van der Waals surface area (Å²) in [5.74, 6) is 0.243. The molecule has 0 bridgehead atoms. The molecule has 0 aliphatic carbocycles. The van der Waals surface area contributed by atoms with Crippen molar-refractivity contribution in [1.29, 1.82) is 0 Å². The van der Waals surface area contributed by atoms with Crippen LogP contribution in [0.1, 0.15) is 29.8 Å². The SMILES string of the molecule is Cc1cc(OCC(=O)N[C@H](C)c2ccccc2)nc2c1c(C)nn2C. The Labute approximate surface area is 146 Å². The highest BCUT2D eigenvalue weighted by atomic mass is 16.5. The normalized spacial score (nSPS) is 12.2. The van der Waals surface area contributed by atoms with Crippen LogP contribution in [0.3, 0.4) is 0 Å². The molecule has 25 heavy (non-hydrogen) atoms. The van der Waals surface area contributed by atoms with Crippen molar-refractivity contribution in [2.75, 3.05) is 6.61 Å². The lowest BCUT2D eigenvalue weighted by molar-refractivity contribution is -0.123. The molecule has 6 heteroatoms. The van der Waals surface area contributed by atoms with E-state index in [-0.39, 0.29) is 18.6 Å². The molecule has 3 aromatic rings. The minimum Gasteiger partial charge on any atom is -0.468 e. The highest BCUT2D eigenvalue weighted by Crippen LogP contribution is 2.23. The van der Waals surface area contributed by atoms with Crippen LogP contribution in [0.5, 0.6) is 5.88 Å². The predicted molar refractivity (Wildman–Crippen MR) is 96.5 cm³/mol.